The SMILES string of the molecule is O=Cc1ccnc(OC/C=C\CNC(=O)C[S+]([O-])Cc2ccco2)c1. The summed E-state index contributed by atoms with van der Waals surface area (Å²) in [6.45, 7) is 0.567. The van der Waals surface area contributed by atoms with Crippen LogP contribution in [-0.4, -0.2) is 40.6 Å². The van der Waals surface area contributed by atoms with Crippen LogP contribution >= 0.6 is 0 Å². The summed E-state index contributed by atoms with van der Waals surface area (Å²) >= 11 is -1.31. The Labute approximate surface area is 148 Å². The van der Waals surface area contributed by atoms with E-state index in [2.05, 4.69) is 10.3 Å². The number of hydrogen-bond acceptors (Lipinski definition) is 6. The maximum Gasteiger partial charge on any atom is 0.270 e. The van der Waals surface area contributed by atoms with Crippen molar-refractivity contribution in [2.45, 2.75) is 5.75 Å². The van der Waals surface area contributed by atoms with Gasteiger partial charge in [0.25, 0.3) is 5.91 Å². The quantitative estimate of drug-likeness (QED) is 0.390. The zero-order valence-electron chi connectivity index (χ0n) is 13.4. The minimum atomic E-state index is -1.31. The first-order valence-electron chi connectivity index (χ1n) is 7.50. The third kappa shape index (κ3) is 7.23. The second-order valence-electron chi connectivity index (χ2n) is 4.94. The molecule has 1 atom stereocenters. The van der Waals surface area contributed by atoms with Gasteiger partial charge in [-0.05, 0) is 35.5 Å². The summed E-state index contributed by atoms with van der Waals surface area (Å²) in [5, 5.41) is 2.64. The normalized spacial score (nSPS) is 12.0. The predicted octanol–water partition coefficient (Wildman–Crippen LogP) is 1.49. The fraction of sp³-hybridized carbons (Fsp3) is 0.235. The van der Waals surface area contributed by atoms with E-state index in [-0.39, 0.29) is 24.0 Å². The van der Waals surface area contributed by atoms with Gasteiger partial charge in [0, 0.05) is 24.4 Å². The average molecular weight is 362 g/mol. The Bertz CT molecular complexity index is 703. The van der Waals surface area contributed by atoms with E-state index < -0.39 is 11.2 Å². The predicted molar refractivity (Wildman–Crippen MR) is 92.7 cm³/mol. The van der Waals surface area contributed by atoms with Crippen molar-refractivity contribution < 1.29 is 23.3 Å². The number of nitrogens with one attached hydrogen (secondary N) is 1. The van der Waals surface area contributed by atoms with Crippen molar-refractivity contribution in [2.75, 3.05) is 18.9 Å². The molecule has 2 aromatic rings. The van der Waals surface area contributed by atoms with Crippen LogP contribution in [0.2, 0.25) is 0 Å². The summed E-state index contributed by atoms with van der Waals surface area (Å²) in [7, 11) is 0. The number of carbonyl (C=O) groups is 2. The largest absolute Gasteiger partial charge is 0.616 e. The maximum atomic E-state index is 11.8. The highest BCUT2D eigenvalue weighted by Gasteiger charge is 2.14. The van der Waals surface area contributed by atoms with Crippen molar-refractivity contribution in [1.82, 2.24) is 10.3 Å². The lowest BCUT2D eigenvalue weighted by Crippen LogP contribution is -2.30. The molecule has 0 saturated carbocycles. The van der Waals surface area contributed by atoms with Crippen LogP contribution in [0.25, 0.3) is 0 Å². The molecular weight excluding hydrogens is 344 g/mol. The first kappa shape index (κ1) is 18.8. The lowest BCUT2D eigenvalue weighted by molar-refractivity contribution is -0.118. The Hall–Kier alpha value is -2.58. The Kier molecular flexibility index (Phi) is 7.74. The molecule has 0 aliphatic rings. The zero-order chi connectivity index (χ0) is 17.9. The number of carbonyl (C=O) groups excluding carboxylic acids is 2. The van der Waals surface area contributed by atoms with Gasteiger partial charge < -0.3 is 19.0 Å². The molecule has 1 N–H and O–H groups in total. The molecule has 7 nitrogen and oxygen atoms in total. The van der Waals surface area contributed by atoms with Crippen LogP contribution in [0.5, 0.6) is 5.88 Å². The summed E-state index contributed by atoms with van der Waals surface area (Å²) < 4.78 is 22.2. The highest BCUT2D eigenvalue weighted by Crippen LogP contribution is 2.08. The number of nitrogens with zero attached hydrogens (tertiary/aromatic N) is 1. The van der Waals surface area contributed by atoms with Gasteiger partial charge in [-0.25, -0.2) is 4.98 Å². The molecule has 0 bridgehead atoms. The average Bonchev–Trinajstić information content (AvgIpc) is 3.10. The van der Waals surface area contributed by atoms with Crippen LogP contribution in [0.15, 0.2) is 53.3 Å². The van der Waals surface area contributed by atoms with Crippen LogP contribution in [-0.2, 0) is 21.7 Å². The lowest BCUT2D eigenvalue weighted by Gasteiger charge is -2.09. The third-order valence-electron chi connectivity index (χ3n) is 2.98. The molecule has 0 spiro atoms. The molecule has 25 heavy (non-hydrogen) atoms. The molecule has 0 aliphatic heterocycles. The van der Waals surface area contributed by atoms with Crippen molar-refractivity contribution in [3.05, 3.63) is 60.2 Å². The zero-order valence-corrected chi connectivity index (χ0v) is 14.2. The summed E-state index contributed by atoms with van der Waals surface area (Å²) in [5.41, 5.74) is 0.490. The number of rotatable bonds is 10. The Morgan fingerprint density at radius 3 is 3.04 bits per heavy atom. The van der Waals surface area contributed by atoms with E-state index in [4.69, 9.17) is 9.15 Å². The number of aromatic nitrogens is 1. The van der Waals surface area contributed by atoms with Gasteiger partial charge >= 0.3 is 0 Å². The van der Waals surface area contributed by atoms with Crippen LogP contribution < -0.4 is 10.1 Å². The molecule has 0 aromatic carbocycles. The molecule has 0 fully saturated rings. The van der Waals surface area contributed by atoms with Gasteiger partial charge in [-0.1, -0.05) is 6.08 Å². The van der Waals surface area contributed by atoms with E-state index in [1.807, 2.05) is 0 Å². The second-order valence-corrected chi connectivity index (χ2v) is 6.40. The molecule has 8 heteroatoms. The topological polar surface area (TPSA) is 104 Å². The van der Waals surface area contributed by atoms with E-state index in [1.165, 1.54) is 18.5 Å². The third-order valence-corrected chi connectivity index (χ3v) is 4.17. The van der Waals surface area contributed by atoms with Crippen LogP contribution in [0.4, 0.5) is 0 Å². The van der Waals surface area contributed by atoms with E-state index in [1.54, 1.807) is 30.4 Å². The fourth-order valence-electron chi connectivity index (χ4n) is 1.84. The van der Waals surface area contributed by atoms with Crippen molar-refractivity contribution in [3.63, 3.8) is 0 Å². The van der Waals surface area contributed by atoms with Crippen molar-refractivity contribution in [2.24, 2.45) is 0 Å². The van der Waals surface area contributed by atoms with Gasteiger partial charge in [-0.15, -0.1) is 0 Å². The van der Waals surface area contributed by atoms with Gasteiger partial charge in [0.1, 0.15) is 12.9 Å². The van der Waals surface area contributed by atoms with Crippen LogP contribution in [0.1, 0.15) is 16.1 Å². The summed E-state index contributed by atoms with van der Waals surface area (Å²) in [6.07, 6.45) is 7.15. The molecule has 132 valence electrons. The van der Waals surface area contributed by atoms with Gasteiger partial charge in [0.15, 0.2) is 17.3 Å². The summed E-state index contributed by atoms with van der Waals surface area (Å²) in [5.74, 6) is 0.794. The highest BCUT2D eigenvalue weighted by atomic mass is 32.2. The summed E-state index contributed by atoms with van der Waals surface area (Å²) in [4.78, 5) is 26.3. The summed E-state index contributed by atoms with van der Waals surface area (Å²) in [6, 6.07) is 6.56. The Morgan fingerprint density at radius 1 is 1.40 bits per heavy atom. The number of aldehydes is 1. The van der Waals surface area contributed by atoms with Crippen molar-refractivity contribution >= 4 is 23.4 Å². The molecule has 1 unspecified atom stereocenters. The molecule has 2 heterocycles. The van der Waals surface area contributed by atoms with E-state index >= 15 is 0 Å². The molecule has 2 aromatic heterocycles. The number of pyridine rings is 1. The van der Waals surface area contributed by atoms with Gasteiger partial charge in [-0.2, -0.15) is 0 Å². The fourth-order valence-corrected chi connectivity index (χ4v) is 2.81. The van der Waals surface area contributed by atoms with Crippen LogP contribution in [0, 0.1) is 0 Å². The van der Waals surface area contributed by atoms with E-state index in [0.717, 1.165) is 6.29 Å². The van der Waals surface area contributed by atoms with Gasteiger partial charge in [0.2, 0.25) is 5.88 Å². The van der Waals surface area contributed by atoms with Crippen molar-refractivity contribution in [3.8, 4) is 5.88 Å². The maximum absolute atomic E-state index is 11.8. The van der Waals surface area contributed by atoms with Crippen LogP contribution in [0.3, 0.4) is 0 Å². The molecule has 0 radical (unpaired) electrons. The minimum Gasteiger partial charge on any atom is -0.616 e. The Balaban J connectivity index is 1.60. The monoisotopic (exact) mass is 362 g/mol. The number of ether oxygens (including phenoxy) is 1. The molecule has 2 rings (SSSR count). The molecule has 1 amide bonds. The van der Waals surface area contributed by atoms with E-state index in [0.29, 0.717) is 23.7 Å². The number of amides is 1. The first-order chi connectivity index (χ1) is 12.2. The molecular formula is C17H18N2O5S. The highest BCUT2D eigenvalue weighted by molar-refractivity contribution is 7.91. The van der Waals surface area contributed by atoms with E-state index in [9.17, 15) is 14.1 Å². The number of furan rings is 1. The van der Waals surface area contributed by atoms with Crippen molar-refractivity contribution in [1.29, 1.82) is 0 Å². The van der Waals surface area contributed by atoms with Gasteiger partial charge in [0.05, 0.1) is 6.26 Å². The molecule has 0 aliphatic carbocycles. The Morgan fingerprint density at radius 2 is 2.28 bits per heavy atom. The minimum absolute atomic E-state index is 0.0759. The first-order valence-corrected chi connectivity index (χ1v) is 8.99. The lowest BCUT2D eigenvalue weighted by atomic mass is 10.3. The second kappa shape index (κ2) is 10.3. The smallest absolute Gasteiger partial charge is 0.270 e. The standard InChI is InChI=1S/C17H18N2O5S/c20-11-14-5-7-19-17(10-14)24-8-2-1-6-18-16(21)13-25(22)12-15-4-3-9-23-15/h1-5,7,9-11H,6,8,12-13H2,(H,18,21)/b2-1-. The molecule has 0 saturated heterocycles. The number of hydrogen-bond donors (Lipinski definition) is 1. The van der Waals surface area contributed by atoms with Gasteiger partial charge in [-0.3, -0.25) is 9.59 Å².